The first-order valence-electron chi connectivity index (χ1n) is 10.3. The fraction of sp³-hybridized carbons (Fsp3) is 0.619. The maximum atomic E-state index is 12.0. The van der Waals surface area contributed by atoms with Crippen molar-refractivity contribution in [1.29, 1.82) is 0 Å². The Labute approximate surface area is 173 Å². The molecule has 0 spiro atoms. The molecule has 2 N–H and O–H groups in total. The number of hydrogen-bond donors (Lipinski definition) is 2. The number of hydrogen-bond acceptors (Lipinski definition) is 4. The van der Waals surface area contributed by atoms with Crippen LogP contribution < -0.4 is 15.5 Å². The number of imide groups is 1. The molecule has 3 amide bonds. The van der Waals surface area contributed by atoms with Gasteiger partial charge in [0.15, 0.2) is 0 Å². The van der Waals surface area contributed by atoms with E-state index in [-0.39, 0.29) is 24.3 Å². The topological polar surface area (TPSA) is 64.7 Å². The molecular formula is C21H31ClN4O2. The van der Waals surface area contributed by atoms with Gasteiger partial charge in [-0.1, -0.05) is 12.1 Å². The molecule has 1 aromatic carbocycles. The summed E-state index contributed by atoms with van der Waals surface area (Å²) in [4.78, 5) is 27.6. The van der Waals surface area contributed by atoms with Gasteiger partial charge in [-0.05, 0) is 81.4 Å². The molecule has 3 aliphatic heterocycles. The second-order valence-corrected chi connectivity index (χ2v) is 8.11. The molecule has 4 rings (SSSR count). The van der Waals surface area contributed by atoms with Crippen molar-refractivity contribution in [3.8, 4) is 0 Å². The average Bonchev–Trinajstić information content (AvgIpc) is 2.70. The quantitative estimate of drug-likeness (QED) is 0.806. The third-order valence-electron chi connectivity index (χ3n) is 6.29. The zero-order valence-corrected chi connectivity index (χ0v) is 17.2. The number of nitrogens with zero attached hydrogens (tertiary/aromatic N) is 2. The van der Waals surface area contributed by atoms with Crippen LogP contribution in [0.2, 0.25) is 0 Å². The van der Waals surface area contributed by atoms with Crippen LogP contribution in [0.3, 0.4) is 0 Å². The van der Waals surface area contributed by atoms with Gasteiger partial charge in [-0.3, -0.25) is 15.0 Å². The summed E-state index contributed by atoms with van der Waals surface area (Å²) in [5, 5.41) is 5.83. The van der Waals surface area contributed by atoms with Gasteiger partial charge in [-0.15, -0.1) is 12.4 Å². The van der Waals surface area contributed by atoms with Gasteiger partial charge in [0.2, 0.25) is 5.91 Å². The van der Waals surface area contributed by atoms with Gasteiger partial charge in [0.1, 0.15) is 0 Å². The summed E-state index contributed by atoms with van der Waals surface area (Å²) in [6.07, 6.45) is 5.42. The van der Waals surface area contributed by atoms with E-state index < -0.39 is 0 Å². The summed E-state index contributed by atoms with van der Waals surface area (Å²) in [7, 11) is 0. The molecule has 0 atom stereocenters. The second-order valence-electron chi connectivity index (χ2n) is 8.11. The van der Waals surface area contributed by atoms with E-state index in [0.29, 0.717) is 18.9 Å². The van der Waals surface area contributed by atoms with Crippen LogP contribution in [-0.4, -0.2) is 56.1 Å². The SMILES string of the molecule is Cl.O=C1CCN(c2ccc(C3CCN(CC4CCNCC4)CC3)cc2)C(=O)N1. The Morgan fingerprint density at radius 3 is 2.25 bits per heavy atom. The molecule has 0 saturated carbocycles. The van der Waals surface area contributed by atoms with Crippen molar-refractivity contribution >= 4 is 30.0 Å². The molecule has 0 aromatic heterocycles. The summed E-state index contributed by atoms with van der Waals surface area (Å²) >= 11 is 0. The minimum Gasteiger partial charge on any atom is -0.317 e. The average molecular weight is 407 g/mol. The number of rotatable bonds is 4. The van der Waals surface area contributed by atoms with Crippen molar-refractivity contribution in [1.82, 2.24) is 15.5 Å². The third kappa shape index (κ3) is 5.04. The lowest BCUT2D eigenvalue weighted by Crippen LogP contribution is -2.49. The molecule has 28 heavy (non-hydrogen) atoms. The smallest absolute Gasteiger partial charge is 0.317 e. The number of amides is 3. The number of carbonyl (C=O) groups is 2. The highest BCUT2D eigenvalue weighted by Crippen LogP contribution is 2.30. The van der Waals surface area contributed by atoms with Gasteiger partial charge in [-0.2, -0.15) is 0 Å². The molecule has 3 aliphatic rings. The lowest BCUT2D eigenvalue weighted by atomic mass is 9.88. The second kappa shape index (κ2) is 9.72. The van der Waals surface area contributed by atoms with E-state index >= 15 is 0 Å². The van der Waals surface area contributed by atoms with Crippen molar-refractivity contribution in [2.24, 2.45) is 5.92 Å². The number of halogens is 1. The molecular weight excluding hydrogens is 376 g/mol. The lowest BCUT2D eigenvalue weighted by Gasteiger charge is -2.35. The maximum Gasteiger partial charge on any atom is 0.328 e. The van der Waals surface area contributed by atoms with Crippen molar-refractivity contribution in [2.75, 3.05) is 44.2 Å². The molecule has 3 heterocycles. The summed E-state index contributed by atoms with van der Waals surface area (Å²) in [6, 6.07) is 8.04. The van der Waals surface area contributed by atoms with E-state index in [9.17, 15) is 9.59 Å². The highest BCUT2D eigenvalue weighted by atomic mass is 35.5. The van der Waals surface area contributed by atoms with Gasteiger partial charge in [-0.25, -0.2) is 4.79 Å². The summed E-state index contributed by atoms with van der Waals surface area (Å²) in [5.41, 5.74) is 2.24. The van der Waals surface area contributed by atoms with Gasteiger partial charge in [0.25, 0.3) is 0 Å². The normalized spacial score (nSPS) is 22.6. The van der Waals surface area contributed by atoms with Gasteiger partial charge in [0, 0.05) is 25.2 Å². The maximum absolute atomic E-state index is 12.0. The van der Waals surface area contributed by atoms with Gasteiger partial charge >= 0.3 is 6.03 Å². The minimum atomic E-state index is -0.315. The van der Waals surface area contributed by atoms with Crippen LogP contribution in [0.25, 0.3) is 0 Å². The highest BCUT2D eigenvalue weighted by molar-refractivity contribution is 6.05. The van der Waals surface area contributed by atoms with E-state index in [1.165, 1.54) is 64.0 Å². The minimum absolute atomic E-state index is 0. The Balaban J connectivity index is 0.00000225. The Bertz CT molecular complexity index is 667. The Hall–Kier alpha value is -1.63. The van der Waals surface area contributed by atoms with Crippen molar-refractivity contribution in [2.45, 2.75) is 38.0 Å². The molecule has 3 fully saturated rings. The van der Waals surface area contributed by atoms with E-state index in [1.807, 2.05) is 12.1 Å². The van der Waals surface area contributed by atoms with Crippen molar-refractivity contribution in [3.63, 3.8) is 0 Å². The molecule has 0 bridgehead atoms. The fourth-order valence-corrected chi connectivity index (χ4v) is 4.62. The largest absolute Gasteiger partial charge is 0.328 e. The number of likely N-dealkylation sites (tertiary alicyclic amines) is 1. The van der Waals surface area contributed by atoms with Crippen LogP contribution in [0, 0.1) is 5.92 Å². The standard InChI is InChI=1S/C21H30N4O2.ClH/c26-20-9-14-25(21(27)23-20)19-3-1-17(2-4-19)18-7-12-24(13-8-18)15-16-5-10-22-11-6-16;/h1-4,16,18,22H,5-15H2,(H,23,26,27);1H. The van der Waals surface area contributed by atoms with Gasteiger partial charge in [0.05, 0.1) is 0 Å². The molecule has 0 unspecified atom stereocenters. The highest BCUT2D eigenvalue weighted by Gasteiger charge is 2.26. The van der Waals surface area contributed by atoms with E-state index in [2.05, 4.69) is 27.7 Å². The molecule has 0 aliphatic carbocycles. The van der Waals surface area contributed by atoms with Crippen LogP contribution in [0.5, 0.6) is 0 Å². The van der Waals surface area contributed by atoms with Crippen molar-refractivity contribution in [3.05, 3.63) is 29.8 Å². The van der Waals surface area contributed by atoms with Crippen LogP contribution in [-0.2, 0) is 4.79 Å². The molecule has 7 heteroatoms. The number of anilines is 1. The summed E-state index contributed by atoms with van der Waals surface area (Å²) < 4.78 is 0. The van der Waals surface area contributed by atoms with Crippen LogP contribution >= 0.6 is 12.4 Å². The van der Waals surface area contributed by atoms with Crippen LogP contribution in [0.15, 0.2) is 24.3 Å². The zero-order valence-electron chi connectivity index (χ0n) is 16.4. The first-order chi connectivity index (χ1) is 13.2. The molecule has 3 saturated heterocycles. The number of carbonyl (C=O) groups excluding carboxylic acids is 2. The Kier molecular flexibility index (Phi) is 7.32. The van der Waals surface area contributed by atoms with E-state index in [1.54, 1.807) is 4.90 Å². The number of piperidine rings is 2. The van der Waals surface area contributed by atoms with Crippen LogP contribution in [0.4, 0.5) is 10.5 Å². The number of urea groups is 1. The molecule has 154 valence electrons. The van der Waals surface area contributed by atoms with Crippen LogP contribution in [0.1, 0.15) is 43.6 Å². The van der Waals surface area contributed by atoms with E-state index in [0.717, 1.165) is 11.6 Å². The van der Waals surface area contributed by atoms with E-state index in [4.69, 9.17) is 0 Å². The zero-order chi connectivity index (χ0) is 18.6. The van der Waals surface area contributed by atoms with Gasteiger partial charge < -0.3 is 10.2 Å². The fourth-order valence-electron chi connectivity index (χ4n) is 4.62. The lowest BCUT2D eigenvalue weighted by molar-refractivity contribution is -0.120. The Morgan fingerprint density at radius 2 is 1.61 bits per heavy atom. The summed E-state index contributed by atoms with van der Waals surface area (Å²) in [6.45, 7) is 6.45. The molecule has 1 aromatic rings. The predicted octanol–water partition coefficient (Wildman–Crippen LogP) is 2.73. The Morgan fingerprint density at radius 1 is 0.929 bits per heavy atom. The number of benzene rings is 1. The van der Waals surface area contributed by atoms with Crippen molar-refractivity contribution < 1.29 is 9.59 Å². The molecule has 6 nitrogen and oxygen atoms in total. The first-order valence-corrected chi connectivity index (χ1v) is 10.3. The first kappa shape index (κ1) is 21.1. The third-order valence-corrected chi connectivity index (χ3v) is 6.29. The summed E-state index contributed by atoms with van der Waals surface area (Å²) in [5.74, 6) is 1.29. The predicted molar refractivity (Wildman–Crippen MR) is 113 cm³/mol. The molecule has 0 radical (unpaired) electrons. The monoisotopic (exact) mass is 406 g/mol. The number of nitrogens with one attached hydrogen (secondary N) is 2.